The first kappa shape index (κ1) is 20.6. The van der Waals surface area contributed by atoms with Gasteiger partial charge in [-0.25, -0.2) is 0 Å². The summed E-state index contributed by atoms with van der Waals surface area (Å²) in [5.41, 5.74) is 5.80. The molecular weight excluding hydrogens is 388 g/mol. The number of anilines is 1. The Morgan fingerprint density at radius 3 is 2.52 bits per heavy atom. The lowest BCUT2D eigenvalue weighted by Crippen LogP contribution is -2.28. The van der Waals surface area contributed by atoms with Gasteiger partial charge >= 0.3 is 0 Å². The third-order valence-electron chi connectivity index (χ3n) is 6.58. The van der Waals surface area contributed by atoms with Gasteiger partial charge in [-0.05, 0) is 67.9 Å². The average Bonchev–Trinajstić information content (AvgIpc) is 3.25. The molecule has 1 saturated carbocycles. The maximum absolute atomic E-state index is 9.74. The maximum Gasteiger partial charge on any atom is 0.0721 e. The van der Waals surface area contributed by atoms with E-state index < -0.39 is 0 Å². The number of fused-ring (bicyclic) bond motifs is 1. The van der Waals surface area contributed by atoms with Gasteiger partial charge in [0.05, 0.1) is 30.0 Å². The number of aromatic amines is 1. The zero-order valence-corrected chi connectivity index (χ0v) is 18.0. The molecule has 0 unspecified atom stereocenters. The fourth-order valence-corrected chi connectivity index (χ4v) is 4.76. The highest BCUT2D eigenvalue weighted by molar-refractivity contribution is 5.95. The van der Waals surface area contributed by atoms with Crippen LogP contribution in [0.25, 0.3) is 22.2 Å². The van der Waals surface area contributed by atoms with E-state index in [1.165, 1.54) is 16.5 Å². The number of rotatable bonds is 6. The summed E-state index contributed by atoms with van der Waals surface area (Å²) in [6, 6.07) is 17.6. The number of hydrogen-bond acceptors (Lipinski definition) is 4. The molecule has 164 valence electrons. The van der Waals surface area contributed by atoms with Crippen LogP contribution in [-0.4, -0.2) is 41.6 Å². The third-order valence-corrected chi connectivity index (χ3v) is 6.58. The van der Waals surface area contributed by atoms with Crippen molar-refractivity contribution >= 4 is 16.6 Å². The number of aliphatic hydroxyl groups is 1. The van der Waals surface area contributed by atoms with Crippen molar-refractivity contribution in [2.45, 2.75) is 63.4 Å². The van der Waals surface area contributed by atoms with Crippen molar-refractivity contribution in [3.05, 3.63) is 54.1 Å². The fourth-order valence-electron chi connectivity index (χ4n) is 4.76. The molecule has 2 fully saturated rings. The molecule has 2 aromatic carbocycles. The fraction of sp³-hybridized carbons (Fsp3) is 0.462. The van der Waals surface area contributed by atoms with Gasteiger partial charge in [0, 0.05) is 30.3 Å². The molecule has 1 aliphatic carbocycles. The van der Waals surface area contributed by atoms with Gasteiger partial charge in [0.2, 0.25) is 0 Å². The zero-order chi connectivity index (χ0) is 21.0. The summed E-state index contributed by atoms with van der Waals surface area (Å²) >= 11 is 0. The van der Waals surface area contributed by atoms with Crippen LogP contribution in [0.2, 0.25) is 0 Å². The van der Waals surface area contributed by atoms with Crippen LogP contribution >= 0.6 is 0 Å². The van der Waals surface area contributed by atoms with Crippen molar-refractivity contribution in [1.29, 1.82) is 0 Å². The first-order valence-corrected chi connectivity index (χ1v) is 11.6. The van der Waals surface area contributed by atoms with E-state index in [9.17, 15) is 5.11 Å². The van der Waals surface area contributed by atoms with Crippen molar-refractivity contribution in [2.75, 3.05) is 18.5 Å². The lowest BCUT2D eigenvalue weighted by Gasteiger charge is -2.26. The van der Waals surface area contributed by atoms with E-state index in [1.807, 2.05) is 6.07 Å². The molecule has 3 aromatic rings. The van der Waals surface area contributed by atoms with Crippen LogP contribution < -0.4 is 5.32 Å². The Kier molecular flexibility index (Phi) is 6.25. The van der Waals surface area contributed by atoms with E-state index in [2.05, 4.69) is 52.8 Å². The molecule has 0 radical (unpaired) electrons. The lowest BCUT2D eigenvalue weighted by molar-refractivity contribution is -0.0118. The number of H-pyrrole nitrogens is 1. The number of aliphatic hydroxyl groups excluding tert-OH is 1. The predicted octanol–water partition coefficient (Wildman–Crippen LogP) is 5.25. The monoisotopic (exact) mass is 420 g/mol. The Morgan fingerprint density at radius 1 is 0.968 bits per heavy atom. The standard InChI is InChI=1S/C26H32N2O3/c29-22-6-8-23(9-7-22)31-17-18-14-20-16-24(19-4-2-1-3-5-19)28-26(20)25(15-18)27-21-10-12-30-13-11-21/h1-5,14-16,21-23,27-29H,6-13,17H2. The van der Waals surface area contributed by atoms with Gasteiger partial charge in [-0.2, -0.15) is 0 Å². The molecule has 0 atom stereocenters. The summed E-state index contributed by atoms with van der Waals surface area (Å²) in [5.74, 6) is 0. The van der Waals surface area contributed by atoms with Crippen LogP contribution in [0.3, 0.4) is 0 Å². The van der Waals surface area contributed by atoms with Crippen molar-refractivity contribution in [1.82, 2.24) is 4.98 Å². The predicted molar refractivity (Wildman–Crippen MR) is 124 cm³/mol. The molecule has 31 heavy (non-hydrogen) atoms. The van der Waals surface area contributed by atoms with Gasteiger partial charge in [-0.3, -0.25) is 0 Å². The molecule has 0 bridgehead atoms. The van der Waals surface area contributed by atoms with E-state index >= 15 is 0 Å². The summed E-state index contributed by atoms with van der Waals surface area (Å²) < 4.78 is 11.8. The van der Waals surface area contributed by atoms with Gasteiger partial charge in [-0.15, -0.1) is 0 Å². The Labute approximate surface area is 183 Å². The minimum atomic E-state index is -0.150. The van der Waals surface area contributed by atoms with Gasteiger partial charge in [0.25, 0.3) is 0 Å². The summed E-state index contributed by atoms with van der Waals surface area (Å²) in [5, 5.41) is 14.7. The van der Waals surface area contributed by atoms with Crippen LogP contribution in [-0.2, 0) is 16.1 Å². The van der Waals surface area contributed by atoms with Crippen LogP contribution in [0.4, 0.5) is 5.69 Å². The van der Waals surface area contributed by atoms with Gasteiger partial charge < -0.3 is 24.9 Å². The first-order valence-electron chi connectivity index (χ1n) is 11.6. The molecule has 0 spiro atoms. The number of aromatic nitrogens is 1. The second kappa shape index (κ2) is 9.43. The molecule has 1 aromatic heterocycles. The van der Waals surface area contributed by atoms with E-state index in [0.717, 1.165) is 68.6 Å². The molecule has 1 aliphatic heterocycles. The summed E-state index contributed by atoms with van der Waals surface area (Å²) in [4.78, 5) is 3.65. The lowest BCUT2D eigenvalue weighted by atomic mass is 9.95. The minimum absolute atomic E-state index is 0.150. The van der Waals surface area contributed by atoms with Gasteiger partial charge in [-0.1, -0.05) is 30.3 Å². The molecule has 3 N–H and O–H groups in total. The molecular formula is C26H32N2O3. The largest absolute Gasteiger partial charge is 0.393 e. The number of hydrogen-bond donors (Lipinski definition) is 3. The normalized spacial score (nSPS) is 22.6. The zero-order valence-electron chi connectivity index (χ0n) is 18.0. The maximum atomic E-state index is 9.74. The van der Waals surface area contributed by atoms with Crippen molar-refractivity contribution in [2.24, 2.45) is 0 Å². The quantitative estimate of drug-likeness (QED) is 0.510. The molecule has 5 heteroatoms. The summed E-state index contributed by atoms with van der Waals surface area (Å²) in [6.45, 7) is 2.24. The molecule has 2 heterocycles. The topological polar surface area (TPSA) is 66.5 Å². The highest BCUT2D eigenvalue weighted by Crippen LogP contribution is 2.32. The van der Waals surface area contributed by atoms with E-state index in [-0.39, 0.29) is 12.2 Å². The molecule has 2 aliphatic rings. The number of nitrogens with one attached hydrogen (secondary N) is 2. The third kappa shape index (κ3) is 4.95. The molecule has 5 nitrogen and oxygen atoms in total. The van der Waals surface area contributed by atoms with Crippen LogP contribution in [0, 0.1) is 0 Å². The van der Waals surface area contributed by atoms with E-state index in [4.69, 9.17) is 9.47 Å². The SMILES string of the molecule is OC1CCC(OCc2cc(NC3CCOCC3)c3[nH]c(-c4ccccc4)cc3c2)CC1. The Balaban J connectivity index is 1.41. The number of ether oxygens (including phenoxy) is 2. The molecule has 0 amide bonds. The molecule has 1 saturated heterocycles. The van der Waals surface area contributed by atoms with Crippen molar-refractivity contribution < 1.29 is 14.6 Å². The highest BCUT2D eigenvalue weighted by atomic mass is 16.5. The van der Waals surface area contributed by atoms with Crippen LogP contribution in [0.5, 0.6) is 0 Å². The first-order chi connectivity index (χ1) is 15.2. The second-order valence-corrected chi connectivity index (χ2v) is 8.93. The number of benzene rings is 2. The van der Waals surface area contributed by atoms with E-state index in [1.54, 1.807) is 0 Å². The minimum Gasteiger partial charge on any atom is -0.393 e. The molecule has 5 rings (SSSR count). The Morgan fingerprint density at radius 2 is 1.74 bits per heavy atom. The van der Waals surface area contributed by atoms with Crippen LogP contribution in [0.15, 0.2) is 48.5 Å². The smallest absolute Gasteiger partial charge is 0.0721 e. The van der Waals surface area contributed by atoms with Gasteiger partial charge in [0.1, 0.15) is 0 Å². The summed E-state index contributed by atoms with van der Waals surface area (Å²) in [6.07, 6.45) is 5.73. The van der Waals surface area contributed by atoms with Gasteiger partial charge in [0.15, 0.2) is 0 Å². The second-order valence-electron chi connectivity index (χ2n) is 8.93. The Bertz CT molecular complexity index is 987. The average molecular weight is 421 g/mol. The van der Waals surface area contributed by atoms with Crippen molar-refractivity contribution in [3.63, 3.8) is 0 Å². The van der Waals surface area contributed by atoms with Crippen LogP contribution in [0.1, 0.15) is 44.1 Å². The summed E-state index contributed by atoms with van der Waals surface area (Å²) in [7, 11) is 0. The van der Waals surface area contributed by atoms with E-state index in [0.29, 0.717) is 12.6 Å². The van der Waals surface area contributed by atoms with Crippen molar-refractivity contribution in [3.8, 4) is 11.3 Å². The Hall–Kier alpha value is -2.34. The highest BCUT2D eigenvalue weighted by Gasteiger charge is 2.21.